The summed E-state index contributed by atoms with van der Waals surface area (Å²) in [4.78, 5) is 0. The zero-order valence-corrected chi connectivity index (χ0v) is 13.9. The van der Waals surface area contributed by atoms with E-state index in [1.165, 1.54) is 0 Å². The first-order valence-corrected chi connectivity index (χ1v) is 9.03. The highest BCUT2D eigenvalue weighted by Gasteiger charge is 2.57. The fourth-order valence-corrected chi connectivity index (χ4v) is 4.66. The van der Waals surface area contributed by atoms with Gasteiger partial charge < -0.3 is 19.7 Å². The number of aliphatic hydroxyl groups excluding tert-OH is 2. The first kappa shape index (κ1) is 17.2. The smallest absolute Gasteiger partial charge is 0.169 e. The van der Waals surface area contributed by atoms with Gasteiger partial charge in [0.1, 0.15) is 6.17 Å². The van der Waals surface area contributed by atoms with Crippen LogP contribution in [0.5, 0.6) is 0 Å². The van der Waals surface area contributed by atoms with Crippen molar-refractivity contribution in [1.29, 1.82) is 0 Å². The highest BCUT2D eigenvalue weighted by atomic mass is 19.1. The molecule has 1 heterocycles. The van der Waals surface area contributed by atoms with Crippen LogP contribution >= 0.6 is 0 Å². The van der Waals surface area contributed by atoms with Crippen LogP contribution in [-0.4, -0.2) is 41.5 Å². The van der Waals surface area contributed by atoms with E-state index in [4.69, 9.17) is 9.47 Å². The molecular formula is C18H29FO4. The molecule has 3 rings (SSSR count). The molecule has 132 valence electrons. The first-order chi connectivity index (χ1) is 11.0. The number of fused-ring (bicyclic) bond motifs is 1. The van der Waals surface area contributed by atoms with Crippen molar-refractivity contribution in [2.45, 2.75) is 69.9 Å². The zero-order valence-electron chi connectivity index (χ0n) is 13.9. The molecule has 4 nitrogen and oxygen atoms in total. The summed E-state index contributed by atoms with van der Waals surface area (Å²) >= 11 is 0. The van der Waals surface area contributed by atoms with E-state index in [9.17, 15) is 14.6 Å². The average Bonchev–Trinajstić information content (AvgIpc) is 3.18. The molecule has 23 heavy (non-hydrogen) atoms. The molecule has 2 saturated carbocycles. The monoisotopic (exact) mass is 328 g/mol. The molecule has 0 aromatic carbocycles. The van der Waals surface area contributed by atoms with Gasteiger partial charge >= 0.3 is 0 Å². The van der Waals surface area contributed by atoms with Gasteiger partial charge in [0.25, 0.3) is 0 Å². The summed E-state index contributed by atoms with van der Waals surface area (Å²) in [7, 11) is 0. The van der Waals surface area contributed by atoms with Crippen LogP contribution in [0.4, 0.5) is 4.39 Å². The van der Waals surface area contributed by atoms with E-state index in [0.29, 0.717) is 38.4 Å². The molecule has 0 aromatic rings. The van der Waals surface area contributed by atoms with Crippen LogP contribution in [0.15, 0.2) is 11.8 Å². The zero-order chi connectivity index (χ0) is 16.4. The van der Waals surface area contributed by atoms with E-state index in [1.54, 1.807) is 6.08 Å². The van der Waals surface area contributed by atoms with Crippen molar-refractivity contribution in [2.24, 2.45) is 17.8 Å². The van der Waals surface area contributed by atoms with Gasteiger partial charge in [-0.1, -0.05) is 19.8 Å². The molecule has 2 N–H and O–H groups in total. The van der Waals surface area contributed by atoms with Crippen molar-refractivity contribution < 1.29 is 24.1 Å². The predicted octanol–water partition coefficient (Wildman–Crippen LogP) is 3.50. The number of allylic oxidation sites excluding steroid dienone is 1. The minimum absolute atomic E-state index is 0.152. The maximum absolute atomic E-state index is 13.8. The van der Waals surface area contributed by atoms with Crippen LogP contribution in [0.2, 0.25) is 0 Å². The SMILES string of the molecule is CCCCC(F)C/C=C(/O)[C@@H]1[C@H]2CC3(C[C@H]2C[C@H]1O)OCCO3. The molecule has 0 bridgehead atoms. The van der Waals surface area contributed by atoms with Crippen LogP contribution in [-0.2, 0) is 9.47 Å². The summed E-state index contributed by atoms with van der Waals surface area (Å²) in [6.07, 6.45) is 4.89. The van der Waals surface area contributed by atoms with Gasteiger partial charge in [0, 0.05) is 25.2 Å². The minimum atomic E-state index is -0.914. The Morgan fingerprint density at radius 2 is 2.09 bits per heavy atom. The van der Waals surface area contributed by atoms with Gasteiger partial charge in [0.2, 0.25) is 0 Å². The number of rotatable bonds is 6. The lowest BCUT2D eigenvalue weighted by atomic mass is 9.88. The summed E-state index contributed by atoms with van der Waals surface area (Å²) in [5.41, 5.74) is 0. The van der Waals surface area contributed by atoms with E-state index >= 15 is 0 Å². The molecule has 0 aromatic heterocycles. The molecule has 3 aliphatic rings. The van der Waals surface area contributed by atoms with Crippen molar-refractivity contribution in [3.8, 4) is 0 Å². The molecule has 5 atom stereocenters. The Morgan fingerprint density at radius 1 is 1.35 bits per heavy atom. The molecule has 5 heteroatoms. The molecule has 0 radical (unpaired) electrons. The van der Waals surface area contributed by atoms with E-state index in [-0.39, 0.29) is 24.0 Å². The molecule has 0 amide bonds. The van der Waals surface area contributed by atoms with E-state index < -0.39 is 18.1 Å². The number of hydrogen-bond acceptors (Lipinski definition) is 4. The Bertz CT molecular complexity index is 433. The van der Waals surface area contributed by atoms with Crippen molar-refractivity contribution in [1.82, 2.24) is 0 Å². The molecule has 2 aliphatic carbocycles. The second-order valence-corrected chi connectivity index (χ2v) is 7.37. The minimum Gasteiger partial charge on any atom is -0.512 e. The molecule has 1 unspecified atom stereocenters. The summed E-state index contributed by atoms with van der Waals surface area (Å²) in [6.45, 7) is 3.28. The lowest BCUT2D eigenvalue weighted by molar-refractivity contribution is -0.157. The topological polar surface area (TPSA) is 58.9 Å². The van der Waals surface area contributed by atoms with Gasteiger partial charge in [0.05, 0.1) is 25.1 Å². The fraction of sp³-hybridized carbons (Fsp3) is 0.889. The van der Waals surface area contributed by atoms with Gasteiger partial charge in [-0.15, -0.1) is 0 Å². The lowest BCUT2D eigenvalue weighted by Gasteiger charge is -2.26. The van der Waals surface area contributed by atoms with Gasteiger partial charge in [0.15, 0.2) is 5.79 Å². The molecule has 1 spiro atoms. The summed E-state index contributed by atoms with van der Waals surface area (Å²) in [5, 5.41) is 20.8. The Labute approximate surface area is 137 Å². The van der Waals surface area contributed by atoms with Crippen LogP contribution in [0.1, 0.15) is 51.9 Å². The second kappa shape index (κ2) is 7.08. The van der Waals surface area contributed by atoms with Gasteiger partial charge in [-0.25, -0.2) is 4.39 Å². The third-order valence-corrected chi connectivity index (χ3v) is 5.75. The molecule has 3 fully saturated rings. The van der Waals surface area contributed by atoms with Crippen LogP contribution < -0.4 is 0 Å². The normalized spacial score (nSPS) is 37.4. The number of hydrogen-bond donors (Lipinski definition) is 2. The van der Waals surface area contributed by atoms with E-state index in [0.717, 1.165) is 19.3 Å². The largest absolute Gasteiger partial charge is 0.512 e. The Kier molecular flexibility index (Phi) is 5.29. The summed E-state index contributed by atoms with van der Waals surface area (Å²) in [6, 6.07) is 0. The van der Waals surface area contributed by atoms with E-state index in [2.05, 4.69) is 0 Å². The average molecular weight is 328 g/mol. The highest BCUT2D eigenvalue weighted by Crippen LogP contribution is 2.55. The standard InChI is InChI=1S/C18H29FO4/c1-2-3-4-13(19)5-6-15(20)17-14-11-18(22-7-8-23-18)10-12(14)9-16(17)21/h6,12-14,16-17,20-21H,2-5,7-11H2,1H3/b15-6+/t12-,13?,14+,16-,17+/m1/s1. The summed E-state index contributed by atoms with van der Waals surface area (Å²) < 4.78 is 25.3. The number of ether oxygens (including phenoxy) is 2. The fourth-order valence-electron chi connectivity index (χ4n) is 4.66. The number of alkyl halides is 1. The Balaban J connectivity index is 1.61. The van der Waals surface area contributed by atoms with Crippen LogP contribution in [0.25, 0.3) is 0 Å². The summed E-state index contributed by atoms with van der Waals surface area (Å²) in [5.74, 6) is -0.180. The maximum Gasteiger partial charge on any atom is 0.169 e. The number of unbranched alkanes of at least 4 members (excludes halogenated alkanes) is 1. The number of halogens is 1. The van der Waals surface area contributed by atoms with Crippen molar-refractivity contribution >= 4 is 0 Å². The molecular weight excluding hydrogens is 299 g/mol. The first-order valence-electron chi connectivity index (χ1n) is 9.03. The van der Waals surface area contributed by atoms with Crippen molar-refractivity contribution in [3.05, 3.63) is 11.8 Å². The second-order valence-electron chi connectivity index (χ2n) is 7.37. The van der Waals surface area contributed by atoms with Gasteiger partial charge in [-0.2, -0.15) is 0 Å². The van der Waals surface area contributed by atoms with Crippen molar-refractivity contribution in [2.75, 3.05) is 13.2 Å². The van der Waals surface area contributed by atoms with Crippen LogP contribution in [0.3, 0.4) is 0 Å². The third-order valence-electron chi connectivity index (χ3n) is 5.75. The maximum atomic E-state index is 13.8. The Morgan fingerprint density at radius 3 is 2.78 bits per heavy atom. The lowest BCUT2D eigenvalue weighted by Crippen LogP contribution is -2.30. The molecule has 1 saturated heterocycles. The van der Waals surface area contributed by atoms with Gasteiger partial charge in [-0.05, 0) is 30.8 Å². The Hall–Kier alpha value is -0.650. The number of aliphatic hydroxyl groups is 2. The van der Waals surface area contributed by atoms with E-state index in [1.807, 2.05) is 6.92 Å². The molecule has 1 aliphatic heterocycles. The quantitative estimate of drug-likeness (QED) is 0.733. The third kappa shape index (κ3) is 3.57. The highest BCUT2D eigenvalue weighted by molar-refractivity contribution is 5.12. The predicted molar refractivity (Wildman–Crippen MR) is 84.7 cm³/mol. The van der Waals surface area contributed by atoms with Gasteiger partial charge in [-0.3, -0.25) is 0 Å². The van der Waals surface area contributed by atoms with Crippen molar-refractivity contribution in [3.63, 3.8) is 0 Å². The van der Waals surface area contributed by atoms with Crippen LogP contribution in [0, 0.1) is 17.8 Å².